The lowest BCUT2D eigenvalue weighted by molar-refractivity contribution is -0.154. The van der Waals surface area contributed by atoms with Crippen LogP contribution in [-0.2, 0) is 18.8 Å². The van der Waals surface area contributed by atoms with Crippen molar-refractivity contribution in [1.82, 2.24) is 0 Å². The van der Waals surface area contributed by atoms with Gasteiger partial charge in [0.2, 0.25) is 8.32 Å². The van der Waals surface area contributed by atoms with Crippen molar-refractivity contribution < 1.29 is 18.8 Å². The first-order valence-electron chi connectivity index (χ1n) is 7.03. The molecule has 0 amide bonds. The first kappa shape index (κ1) is 18.3. The number of ketones is 1. The maximum Gasteiger partial charge on any atom is 0.377 e. The summed E-state index contributed by atoms with van der Waals surface area (Å²) in [7, 11) is -2.09. The van der Waals surface area contributed by atoms with Crippen LogP contribution in [0.3, 0.4) is 0 Å². The Morgan fingerprint density at radius 3 is 1.68 bits per heavy atom. The molecule has 0 saturated carbocycles. The summed E-state index contributed by atoms with van der Waals surface area (Å²) in [5, 5.41) is 0. The highest BCUT2D eigenvalue weighted by molar-refractivity contribution is 6.77. The van der Waals surface area contributed by atoms with E-state index in [4.69, 9.17) is 9.16 Å². The maximum absolute atomic E-state index is 11.7. The third kappa shape index (κ3) is 4.42. The molecule has 0 aromatic rings. The lowest BCUT2D eigenvalue weighted by Crippen LogP contribution is -2.49. The van der Waals surface area contributed by atoms with Crippen molar-refractivity contribution in [3.05, 3.63) is 0 Å². The molecule has 0 radical (unpaired) electrons. The minimum absolute atomic E-state index is 0.153. The molecule has 0 saturated heterocycles. The lowest BCUT2D eigenvalue weighted by atomic mass is 10.4. The second kappa shape index (κ2) is 7.80. The third-order valence-electron chi connectivity index (χ3n) is 3.66. The van der Waals surface area contributed by atoms with Gasteiger partial charge in [-0.3, -0.25) is 4.79 Å². The highest BCUT2D eigenvalue weighted by atomic mass is 28.4. The minimum atomic E-state index is -2.09. The fraction of sp³-hybridized carbons (Fsp3) is 0.857. The molecule has 0 heterocycles. The maximum atomic E-state index is 11.7. The van der Waals surface area contributed by atoms with Crippen LogP contribution >= 0.6 is 0 Å². The van der Waals surface area contributed by atoms with Gasteiger partial charge in [0.25, 0.3) is 5.78 Å². The minimum Gasteiger partial charge on any atom is -0.460 e. The molecule has 5 heteroatoms. The van der Waals surface area contributed by atoms with E-state index in [1.807, 2.05) is 0 Å². The van der Waals surface area contributed by atoms with Gasteiger partial charge in [-0.1, -0.05) is 41.5 Å². The van der Waals surface area contributed by atoms with Gasteiger partial charge in [0.05, 0.1) is 6.61 Å². The Morgan fingerprint density at radius 1 is 0.947 bits per heavy atom. The van der Waals surface area contributed by atoms with E-state index in [9.17, 15) is 9.59 Å². The van der Waals surface area contributed by atoms with Crippen molar-refractivity contribution in [2.75, 3.05) is 13.2 Å². The van der Waals surface area contributed by atoms with Crippen LogP contribution < -0.4 is 0 Å². The summed E-state index contributed by atoms with van der Waals surface area (Å²) in [6, 6.07) is 0. The molecule has 0 unspecified atom stereocenters. The van der Waals surface area contributed by atoms with E-state index >= 15 is 0 Å². The largest absolute Gasteiger partial charge is 0.460 e. The van der Waals surface area contributed by atoms with E-state index in [1.165, 1.54) is 0 Å². The van der Waals surface area contributed by atoms with Crippen molar-refractivity contribution in [2.24, 2.45) is 0 Å². The number of hydrogen-bond donors (Lipinski definition) is 0. The van der Waals surface area contributed by atoms with Gasteiger partial charge in [-0.15, -0.1) is 0 Å². The summed E-state index contributed by atoms with van der Waals surface area (Å²) in [5.41, 5.74) is 1.17. The molecule has 0 bridgehead atoms. The Hall–Kier alpha value is -0.683. The van der Waals surface area contributed by atoms with Crippen molar-refractivity contribution in [3.8, 4) is 0 Å². The van der Waals surface area contributed by atoms with Crippen molar-refractivity contribution in [3.63, 3.8) is 0 Å². The lowest BCUT2D eigenvalue weighted by Gasteiger charge is -2.41. The van der Waals surface area contributed by atoms with E-state index in [0.717, 1.165) is 0 Å². The van der Waals surface area contributed by atoms with Gasteiger partial charge in [-0.2, -0.15) is 0 Å². The number of carbonyl (C=O) groups is 2. The van der Waals surface area contributed by atoms with Crippen molar-refractivity contribution in [2.45, 2.75) is 65.1 Å². The van der Waals surface area contributed by atoms with E-state index in [0.29, 0.717) is 16.6 Å². The first-order chi connectivity index (χ1) is 8.70. The summed E-state index contributed by atoms with van der Waals surface area (Å²) in [6.07, 6.45) is 0. The van der Waals surface area contributed by atoms with Crippen LogP contribution in [0.1, 0.15) is 48.5 Å². The average molecular weight is 288 g/mol. The van der Waals surface area contributed by atoms with Gasteiger partial charge in [0.1, 0.15) is 6.61 Å². The quantitative estimate of drug-likeness (QED) is 0.390. The molecule has 0 fully saturated rings. The van der Waals surface area contributed by atoms with Gasteiger partial charge in [0.15, 0.2) is 0 Å². The van der Waals surface area contributed by atoms with Crippen molar-refractivity contribution in [1.29, 1.82) is 0 Å². The van der Waals surface area contributed by atoms with E-state index in [-0.39, 0.29) is 13.2 Å². The first-order valence-corrected chi connectivity index (χ1v) is 9.17. The highest BCUT2D eigenvalue weighted by Crippen LogP contribution is 2.42. The summed E-state index contributed by atoms with van der Waals surface area (Å²) < 4.78 is 10.7. The average Bonchev–Trinajstić information content (AvgIpc) is 2.28. The second-order valence-corrected chi connectivity index (χ2v) is 11.2. The number of hydrogen-bond acceptors (Lipinski definition) is 4. The number of rotatable bonds is 8. The molecule has 0 atom stereocenters. The summed E-state index contributed by atoms with van der Waals surface area (Å²) >= 11 is 0. The van der Waals surface area contributed by atoms with Crippen LogP contribution in [0.25, 0.3) is 0 Å². The summed E-state index contributed by atoms with van der Waals surface area (Å²) in [4.78, 5) is 23.0. The predicted molar refractivity (Wildman–Crippen MR) is 78.6 cm³/mol. The fourth-order valence-electron chi connectivity index (χ4n) is 2.96. The Kier molecular flexibility index (Phi) is 7.52. The predicted octanol–water partition coefficient (Wildman–Crippen LogP) is 3.31. The Morgan fingerprint density at radius 2 is 1.37 bits per heavy atom. The molecule has 0 N–H and O–H groups in total. The van der Waals surface area contributed by atoms with Crippen LogP contribution in [0.5, 0.6) is 0 Å². The van der Waals surface area contributed by atoms with Crippen LogP contribution in [-0.4, -0.2) is 33.3 Å². The van der Waals surface area contributed by atoms with Crippen LogP contribution in [0.2, 0.25) is 16.6 Å². The molecule has 0 aliphatic heterocycles. The van der Waals surface area contributed by atoms with Crippen molar-refractivity contribution >= 4 is 20.1 Å². The zero-order chi connectivity index (χ0) is 15.2. The van der Waals surface area contributed by atoms with Crippen LogP contribution in [0.4, 0.5) is 0 Å². The van der Waals surface area contributed by atoms with E-state index in [2.05, 4.69) is 41.5 Å². The number of esters is 1. The zero-order valence-corrected chi connectivity index (χ0v) is 14.3. The number of Topliss-reactive ketones (excluding diaryl/α,β-unsaturated/α-hetero) is 1. The Labute approximate surface area is 118 Å². The number of ether oxygens (including phenoxy) is 1. The summed E-state index contributed by atoms with van der Waals surface area (Å²) in [5.74, 6) is -1.37. The molecule has 19 heavy (non-hydrogen) atoms. The molecule has 0 rings (SSSR count). The normalized spacial score (nSPS) is 12.3. The van der Waals surface area contributed by atoms with E-state index in [1.54, 1.807) is 6.92 Å². The summed E-state index contributed by atoms with van der Waals surface area (Å²) in [6.45, 7) is 14.6. The smallest absolute Gasteiger partial charge is 0.377 e. The van der Waals surface area contributed by atoms with Gasteiger partial charge in [-0.25, -0.2) is 4.79 Å². The molecular weight excluding hydrogens is 260 g/mol. The molecule has 4 nitrogen and oxygen atoms in total. The molecule has 0 aliphatic carbocycles. The third-order valence-corrected chi connectivity index (χ3v) is 9.72. The molecule has 0 aromatic carbocycles. The highest BCUT2D eigenvalue weighted by Gasteiger charge is 2.45. The standard InChI is InChI=1S/C14H28O4Si/c1-8-17-14(16)13(15)9-18-19(10(2)3,11(4)5)12(6)7/h10-12H,8-9H2,1-7H3. The Bertz CT molecular complexity index is 289. The molecule has 0 aliphatic rings. The monoisotopic (exact) mass is 288 g/mol. The zero-order valence-electron chi connectivity index (χ0n) is 13.3. The topological polar surface area (TPSA) is 52.6 Å². The Balaban J connectivity index is 4.86. The second-order valence-electron chi connectivity index (χ2n) is 5.75. The molecule has 112 valence electrons. The van der Waals surface area contributed by atoms with E-state index < -0.39 is 20.1 Å². The fourth-order valence-corrected chi connectivity index (χ4v) is 8.34. The SMILES string of the molecule is CCOC(=O)C(=O)CO[Si](C(C)C)(C(C)C)C(C)C. The van der Waals surface area contributed by atoms with Gasteiger partial charge in [0, 0.05) is 0 Å². The van der Waals surface area contributed by atoms with Gasteiger partial charge in [-0.05, 0) is 23.5 Å². The number of carbonyl (C=O) groups excluding carboxylic acids is 2. The molecule has 0 aromatic heterocycles. The van der Waals surface area contributed by atoms with Gasteiger partial charge < -0.3 is 9.16 Å². The molecular formula is C14H28O4Si. The van der Waals surface area contributed by atoms with Gasteiger partial charge >= 0.3 is 5.97 Å². The van der Waals surface area contributed by atoms with Crippen LogP contribution in [0, 0.1) is 0 Å². The van der Waals surface area contributed by atoms with Crippen LogP contribution in [0.15, 0.2) is 0 Å². The molecule has 0 spiro atoms.